The predicted octanol–water partition coefficient (Wildman–Crippen LogP) is 1.45. The van der Waals surface area contributed by atoms with Gasteiger partial charge < -0.3 is 0 Å². The number of aromatic nitrogens is 4. The van der Waals surface area contributed by atoms with Crippen LogP contribution in [0.3, 0.4) is 0 Å². The molecule has 3 heterocycles. The number of hydrogen-bond donors (Lipinski definition) is 0. The van der Waals surface area contributed by atoms with E-state index in [2.05, 4.69) is 9.97 Å². The molecule has 0 fully saturated rings. The smallest absolute Gasteiger partial charge is 0.265 e. The molecule has 0 amide bonds. The van der Waals surface area contributed by atoms with Gasteiger partial charge in [0.15, 0.2) is 0 Å². The van der Waals surface area contributed by atoms with Gasteiger partial charge in [0.2, 0.25) is 11.3 Å². The van der Waals surface area contributed by atoms with Crippen molar-refractivity contribution in [2.75, 3.05) is 0 Å². The van der Waals surface area contributed by atoms with Gasteiger partial charge in [0.05, 0.1) is 22.1 Å². The minimum atomic E-state index is -0.334. The molecule has 3 aromatic heterocycles. The second kappa shape index (κ2) is 3.67. The molecule has 5 rings (SSSR count). The number of imidazole rings is 2. The van der Waals surface area contributed by atoms with Crippen molar-refractivity contribution in [2.45, 2.75) is 0 Å². The van der Waals surface area contributed by atoms with E-state index in [-0.39, 0.29) is 22.4 Å². The molecule has 0 atom stereocenters. The van der Waals surface area contributed by atoms with Crippen LogP contribution in [0.1, 0.15) is 0 Å². The lowest BCUT2D eigenvalue weighted by Crippen LogP contribution is -2.26. The molecular weight excluding hydrogens is 280 g/mol. The fourth-order valence-corrected chi connectivity index (χ4v) is 2.95. The Morgan fingerprint density at radius 1 is 0.636 bits per heavy atom. The lowest BCUT2D eigenvalue weighted by molar-refractivity contribution is 1.04. The van der Waals surface area contributed by atoms with E-state index in [1.807, 2.05) is 24.3 Å². The van der Waals surface area contributed by atoms with Gasteiger partial charge in [-0.15, -0.1) is 0 Å². The van der Waals surface area contributed by atoms with Gasteiger partial charge in [-0.05, 0) is 24.3 Å². The van der Waals surface area contributed by atoms with Crippen molar-refractivity contribution in [1.29, 1.82) is 0 Å². The quantitative estimate of drug-likeness (QED) is 0.432. The van der Waals surface area contributed by atoms with Crippen molar-refractivity contribution in [3.05, 3.63) is 69.2 Å². The van der Waals surface area contributed by atoms with Crippen LogP contribution >= 0.6 is 0 Å². The molecule has 6 nitrogen and oxygen atoms in total. The number of para-hydroxylation sites is 4. The van der Waals surface area contributed by atoms with E-state index in [0.29, 0.717) is 22.1 Å². The molecule has 0 bridgehead atoms. The highest BCUT2D eigenvalue weighted by Crippen LogP contribution is 2.16. The molecule has 5 aromatic rings. The molecule has 104 valence electrons. The van der Waals surface area contributed by atoms with Crippen LogP contribution in [0.5, 0.6) is 0 Å². The Bertz CT molecular complexity index is 1210. The molecule has 0 unspecified atom stereocenters. The van der Waals surface area contributed by atoms with Gasteiger partial charge in [-0.2, -0.15) is 0 Å². The first kappa shape index (κ1) is 11.4. The molecule has 0 spiro atoms. The SMILES string of the molecule is O=c1c2nc3ccccc3n2c(=O)c2nc3ccccc3n12. The third-order valence-electron chi connectivity index (χ3n) is 3.91. The maximum Gasteiger partial charge on any atom is 0.300 e. The summed E-state index contributed by atoms with van der Waals surface area (Å²) >= 11 is 0. The average Bonchev–Trinajstić information content (AvgIpc) is 3.12. The number of rotatable bonds is 0. The van der Waals surface area contributed by atoms with Crippen molar-refractivity contribution < 1.29 is 0 Å². The fraction of sp³-hybridized carbons (Fsp3) is 0. The van der Waals surface area contributed by atoms with Crippen LogP contribution in [-0.2, 0) is 0 Å². The number of fused-ring (bicyclic) bond motifs is 6. The van der Waals surface area contributed by atoms with E-state index in [1.165, 1.54) is 8.80 Å². The Labute approximate surface area is 122 Å². The standard InChI is InChI=1S/C16H8N4O2/c21-15-13-17-9-5-1-3-7-11(9)19(13)16(22)14-18-10-6-2-4-8-12(10)20(14)15/h1-8H. The largest absolute Gasteiger partial charge is 0.300 e. The topological polar surface area (TPSA) is 68.7 Å². The normalized spacial score (nSPS) is 12.0. The lowest BCUT2D eigenvalue weighted by atomic mass is 10.3. The number of hydrogen-bond acceptors (Lipinski definition) is 4. The summed E-state index contributed by atoms with van der Waals surface area (Å²) in [7, 11) is 0. The van der Waals surface area contributed by atoms with Gasteiger partial charge in [-0.25, -0.2) is 9.97 Å². The van der Waals surface area contributed by atoms with Crippen molar-refractivity contribution in [3.8, 4) is 0 Å². The van der Waals surface area contributed by atoms with E-state index >= 15 is 0 Å². The van der Waals surface area contributed by atoms with E-state index in [1.54, 1.807) is 24.3 Å². The molecule has 22 heavy (non-hydrogen) atoms. The van der Waals surface area contributed by atoms with Gasteiger partial charge in [-0.3, -0.25) is 18.4 Å². The van der Waals surface area contributed by atoms with Crippen LogP contribution in [-0.4, -0.2) is 18.8 Å². The highest BCUT2D eigenvalue weighted by atomic mass is 16.1. The second-order valence-electron chi connectivity index (χ2n) is 5.13. The third kappa shape index (κ3) is 1.20. The van der Waals surface area contributed by atoms with Gasteiger partial charge in [-0.1, -0.05) is 24.3 Å². The molecule has 0 N–H and O–H groups in total. The molecule has 2 aromatic carbocycles. The molecular formula is C16H8N4O2. The zero-order valence-corrected chi connectivity index (χ0v) is 11.2. The van der Waals surface area contributed by atoms with Gasteiger partial charge in [0.25, 0.3) is 0 Å². The Morgan fingerprint density at radius 2 is 1.05 bits per heavy atom. The first-order valence-electron chi connectivity index (χ1n) is 6.80. The average molecular weight is 288 g/mol. The molecule has 0 aliphatic rings. The summed E-state index contributed by atoms with van der Waals surface area (Å²) in [5, 5.41) is 0. The van der Waals surface area contributed by atoms with Crippen molar-refractivity contribution in [2.24, 2.45) is 0 Å². The number of benzene rings is 2. The molecule has 6 heteroatoms. The highest BCUT2D eigenvalue weighted by molar-refractivity contribution is 5.84. The molecule has 0 aliphatic heterocycles. The molecule has 0 aliphatic carbocycles. The highest BCUT2D eigenvalue weighted by Gasteiger charge is 2.18. The first-order valence-corrected chi connectivity index (χ1v) is 6.80. The van der Waals surface area contributed by atoms with Crippen molar-refractivity contribution >= 4 is 33.4 Å². The lowest BCUT2D eigenvalue weighted by Gasteiger charge is -1.96. The third-order valence-corrected chi connectivity index (χ3v) is 3.91. The molecule has 0 radical (unpaired) electrons. The minimum Gasteiger partial charge on any atom is -0.265 e. The summed E-state index contributed by atoms with van der Waals surface area (Å²) in [6.45, 7) is 0. The van der Waals surface area contributed by atoms with Crippen LogP contribution in [0.25, 0.3) is 33.4 Å². The van der Waals surface area contributed by atoms with Gasteiger partial charge >= 0.3 is 11.1 Å². The number of nitrogens with zero attached hydrogens (tertiary/aromatic N) is 4. The minimum absolute atomic E-state index is 0.127. The Kier molecular flexibility index (Phi) is 1.90. The maximum absolute atomic E-state index is 12.8. The summed E-state index contributed by atoms with van der Waals surface area (Å²) in [6, 6.07) is 14.4. The molecule has 0 saturated carbocycles. The summed E-state index contributed by atoms with van der Waals surface area (Å²) < 4.78 is 2.69. The Morgan fingerprint density at radius 3 is 1.50 bits per heavy atom. The Hall–Kier alpha value is -3.28. The van der Waals surface area contributed by atoms with Crippen LogP contribution in [0.15, 0.2) is 58.1 Å². The molecule has 0 saturated heterocycles. The maximum atomic E-state index is 12.8. The van der Waals surface area contributed by atoms with Crippen LogP contribution in [0, 0.1) is 0 Å². The van der Waals surface area contributed by atoms with Gasteiger partial charge in [0, 0.05) is 0 Å². The summed E-state index contributed by atoms with van der Waals surface area (Å²) in [6.07, 6.45) is 0. The van der Waals surface area contributed by atoms with E-state index in [4.69, 9.17) is 0 Å². The van der Waals surface area contributed by atoms with Crippen LogP contribution in [0.4, 0.5) is 0 Å². The Balaban J connectivity index is 2.21. The van der Waals surface area contributed by atoms with E-state index < -0.39 is 0 Å². The van der Waals surface area contributed by atoms with Crippen molar-refractivity contribution in [1.82, 2.24) is 18.8 Å². The monoisotopic (exact) mass is 288 g/mol. The second-order valence-corrected chi connectivity index (χ2v) is 5.13. The predicted molar refractivity (Wildman–Crippen MR) is 82.7 cm³/mol. The fourth-order valence-electron chi connectivity index (χ4n) is 2.95. The summed E-state index contributed by atoms with van der Waals surface area (Å²) in [4.78, 5) is 34.2. The van der Waals surface area contributed by atoms with Crippen LogP contribution < -0.4 is 11.1 Å². The summed E-state index contributed by atoms with van der Waals surface area (Å²) in [5.74, 6) is 0. The first-order chi connectivity index (χ1) is 10.8. The van der Waals surface area contributed by atoms with E-state index in [0.717, 1.165) is 0 Å². The van der Waals surface area contributed by atoms with Crippen LogP contribution in [0.2, 0.25) is 0 Å². The zero-order chi connectivity index (χ0) is 14.8. The van der Waals surface area contributed by atoms with E-state index in [9.17, 15) is 9.59 Å². The summed E-state index contributed by atoms with van der Waals surface area (Å²) in [5.41, 5.74) is 2.06. The zero-order valence-electron chi connectivity index (χ0n) is 11.2. The van der Waals surface area contributed by atoms with Gasteiger partial charge in [0.1, 0.15) is 0 Å². The van der Waals surface area contributed by atoms with Crippen molar-refractivity contribution in [3.63, 3.8) is 0 Å².